The van der Waals surface area contributed by atoms with E-state index in [0.717, 1.165) is 19.2 Å². The highest BCUT2D eigenvalue weighted by molar-refractivity contribution is 7.89. The number of rotatable bonds is 7. The summed E-state index contributed by atoms with van der Waals surface area (Å²) in [6, 6.07) is 4.13. The molecule has 128 valence electrons. The summed E-state index contributed by atoms with van der Waals surface area (Å²) in [6.07, 6.45) is 6.05. The van der Waals surface area contributed by atoms with E-state index in [1.807, 2.05) is 19.1 Å². The summed E-state index contributed by atoms with van der Waals surface area (Å²) in [5, 5.41) is 6.20. The Morgan fingerprint density at radius 1 is 1.30 bits per heavy atom. The lowest BCUT2D eigenvalue weighted by Crippen LogP contribution is -2.37. The number of hydrogen-bond acceptors (Lipinski definition) is 3. The summed E-state index contributed by atoms with van der Waals surface area (Å²) < 4.78 is 36.4. The first-order valence-corrected chi connectivity index (χ1v) is 9.42. The van der Waals surface area contributed by atoms with Crippen molar-refractivity contribution in [3.8, 4) is 0 Å². The normalized spacial score (nSPS) is 12.6. The minimum Gasteiger partial charge on any atom is -0.356 e. The van der Waals surface area contributed by atoms with Crippen molar-refractivity contribution in [2.45, 2.75) is 25.6 Å². The van der Waals surface area contributed by atoms with Gasteiger partial charge in [-0.1, -0.05) is 18.2 Å². The number of sulfone groups is 1. The Morgan fingerprint density at radius 3 is 2.65 bits per heavy atom. The highest BCUT2D eigenvalue weighted by Crippen LogP contribution is 2.14. The molecule has 0 aromatic heterocycles. The van der Waals surface area contributed by atoms with Crippen molar-refractivity contribution in [3.63, 3.8) is 0 Å². The van der Waals surface area contributed by atoms with Crippen molar-refractivity contribution in [1.82, 2.24) is 10.6 Å². The van der Waals surface area contributed by atoms with Gasteiger partial charge in [0.15, 0.2) is 15.8 Å². The molecule has 0 unspecified atom stereocenters. The molecule has 0 aliphatic rings. The molecule has 7 heteroatoms. The number of allylic oxidation sites excluding steroid dienone is 1. The lowest BCUT2D eigenvalue weighted by molar-refractivity contribution is 0.599. The Kier molecular flexibility index (Phi) is 7.74. The van der Waals surface area contributed by atoms with Gasteiger partial charge in [-0.15, -0.1) is 0 Å². The highest BCUT2D eigenvalue weighted by Gasteiger charge is 2.11. The van der Waals surface area contributed by atoms with Crippen molar-refractivity contribution >= 4 is 15.8 Å². The van der Waals surface area contributed by atoms with Crippen LogP contribution in [0.25, 0.3) is 0 Å². The van der Waals surface area contributed by atoms with E-state index in [1.54, 1.807) is 7.05 Å². The molecular formula is C16H24FN3O2S. The fraction of sp³-hybridized carbons (Fsp3) is 0.438. The first-order valence-electron chi connectivity index (χ1n) is 7.36. The van der Waals surface area contributed by atoms with Crippen LogP contribution in [0.5, 0.6) is 0 Å². The van der Waals surface area contributed by atoms with Crippen LogP contribution in [0.15, 0.2) is 35.3 Å². The lowest BCUT2D eigenvalue weighted by atomic mass is 10.1. The predicted molar refractivity (Wildman–Crippen MR) is 92.6 cm³/mol. The molecule has 1 rings (SSSR count). The number of aliphatic imine (C=N–C) groups is 1. The number of benzene rings is 1. The third-order valence-corrected chi connectivity index (χ3v) is 3.93. The van der Waals surface area contributed by atoms with E-state index in [2.05, 4.69) is 15.6 Å². The van der Waals surface area contributed by atoms with Gasteiger partial charge in [-0.05, 0) is 36.6 Å². The van der Waals surface area contributed by atoms with E-state index >= 15 is 0 Å². The van der Waals surface area contributed by atoms with Gasteiger partial charge in [-0.3, -0.25) is 4.99 Å². The molecule has 0 heterocycles. The van der Waals surface area contributed by atoms with Crippen LogP contribution in [0.2, 0.25) is 0 Å². The van der Waals surface area contributed by atoms with E-state index in [-0.39, 0.29) is 5.75 Å². The topological polar surface area (TPSA) is 70.6 Å². The van der Waals surface area contributed by atoms with Crippen LogP contribution in [-0.2, 0) is 22.1 Å². The van der Waals surface area contributed by atoms with Gasteiger partial charge in [0.05, 0.1) is 5.75 Å². The monoisotopic (exact) mass is 341 g/mol. The molecule has 0 bridgehead atoms. The van der Waals surface area contributed by atoms with Crippen LogP contribution in [0, 0.1) is 5.82 Å². The van der Waals surface area contributed by atoms with Crippen LogP contribution in [-0.4, -0.2) is 34.2 Å². The van der Waals surface area contributed by atoms with Crippen LogP contribution < -0.4 is 10.6 Å². The van der Waals surface area contributed by atoms with Crippen molar-refractivity contribution in [2.75, 3.05) is 19.8 Å². The minimum absolute atomic E-state index is 0.113. The van der Waals surface area contributed by atoms with Gasteiger partial charge >= 0.3 is 0 Å². The molecule has 23 heavy (non-hydrogen) atoms. The van der Waals surface area contributed by atoms with Crippen LogP contribution in [0.4, 0.5) is 4.39 Å². The molecule has 1 aromatic carbocycles. The number of nitrogens with one attached hydrogen (secondary N) is 2. The van der Waals surface area contributed by atoms with Gasteiger partial charge in [0, 0.05) is 26.4 Å². The van der Waals surface area contributed by atoms with Gasteiger partial charge in [-0.2, -0.15) is 0 Å². The van der Waals surface area contributed by atoms with Crippen molar-refractivity contribution in [2.24, 2.45) is 4.99 Å². The highest BCUT2D eigenvalue weighted by atomic mass is 32.2. The molecule has 1 aromatic rings. The molecule has 0 amide bonds. The Balaban J connectivity index is 2.73. The number of halogens is 1. The van der Waals surface area contributed by atoms with Gasteiger partial charge in [0.2, 0.25) is 0 Å². The largest absolute Gasteiger partial charge is 0.356 e. The van der Waals surface area contributed by atoms with Crippen LogP contribution >= 0.6 is 0 Å². The number of hydrogen-bond donors (Lipinski definition) is 2. The summed E-state index contributed by atoms with van der Waals surface area (Å²) in [5.41, 5.74) is 1.19. The average molecular weight is 341 g/mol. The maximum absolute atomic E-state index is 13.4. The minimum atomic E-state index is -3.18. The Hall–Kier alpha value is -1.89. The first-order chi connectivity index (χ1) is 10.9. The molecule has 5 nitrogen and oxygen atoms in total. The molecule has 0 saturated heterocycles. The van der Waals surface area contributed by atoms with E-state index in [4.69, 9.17) is 0 Å². The SMILES string of the molecule is C/C=C/CCNC(=NC)NCc1cc(F)ccc1CS(C)(=O)=O. The zero-order chi connectivity index (χ0) is 17.3. The Labute approximate surface area is 137 Å². The molecule has 0 atom stereocenters. The standard InChI is InChI=1S/C16H24FN3O2S/c1-4-5-6-9-19-16(18-2)20-11-14-10-15(17)8-7-13(14)12-23(3,21)22/h4-5,7-8,10H,6,9,11-12H2,1-3H3,(H2,18,19,20)/b5-4+. The Morgan fingerprint density at radius 2 is 2.04 bits per heavy atom. The molecule has 0 radical (unpaired) electrons. The summed E-state index contributed by atoms with van der Waals surface area (Å²) in [6.45, 7) is 2.98. The Bertz CT molecular complexity index is 670. The average Bonchev–Trinajstić information content (AvgIpc) is 2.47. The molecular weight excluding hydrogens is 317 g/mol. The van der Waals surface area contributed by atoms with Crippen molar-refractivity contribution in [3.05, 3.63) is 47.3 Å². The van der Waals surface area contributed by atoms with E-state index in [9.17, 15) is 12.8 Å². The summed E-state index contributed by atoms with van der Waals surface area (Å²) in [4.78, 5) is 4.09. The van der Waals surface area contributed by atoms with Gasteiger partial charge in [0.25, 0.3) is 0 Å². The second-order valence-corrected chi connectivity index (χ2v) is 7.33. The zero-order valence-corrected chi connectivity index (χ0v) is 14.6. The second-order valence-electron chi connectivity index (χ2n) is 5.19. The summed E-state index contributed by atoms with van der Waals surface area (Å²) in [7, 11) is -1.53. The van der Waals surface area contributed by atoms with Crippen LogP contribution in [0.1, 0.15) is 24.5 Å². The molecule has 0 saturated carbocycles. The molecule has 0 aliphatic carbocycles. The fourth-order valence-electron chi connectivity index (χ4n) is 2.02. The van der Waals surface area contributed by atoms with Crippen LogP contribution in [0.3, 0.4) is 0 Å². The maximum atomic E-state index is 13.4. The third-order valence-electron chi connectivity index (χ3n) is 3.10. The number of nitrogens with zero attached hydrogens (tertiary/aromatic N) is 1. The molecule has 0 fully saturated rings. The van der Waals surface area contributed by atoms with E-state index in [0.29, 0.717) is 23.6 Å². The van der Waals surface area contributed by atoms with Crippen molar-refractivity contribution < 1.29 is 12.8 Å². The van der Waals surface area contributed by atoms with Gasteiger partial charge in [-0.25, -0.2) is 12.8 Å². The second kappa shape index (κ2) is 9.29. The smallest absolute Gasteiger partial charge is 0.191 e. The quantitative estimate of drug-likeness (QED) is 0.344. The maximum Gasteiger partial charge on any atom is 0.191 e. The van der Waals surface area contributed by atoms with Gasteiger partial charge in [0.1, 0.15) is 5.82 Å². The van der Waals surface area contributed by atoms with Gasteiger partial charge < -0.3 is 10.6 Å². The van der Waals surface area contributed by atoms with E-state index in [1.165, 1.54) is 18.2 Å². The number of guanidine groups is 1. The molecule has 0 aliphatic heterocycles. The molecule has 2 N–H and O–H groups in total. The fourth-order valence-corrected chi connectivity index (χ4v) is 2.87. The summed E-state index contributed by atoms with van der Waals surface area (Å²) >= 11 is 0. The predicted octanol–water partition coefficient (Wildman–Crippen LogP) is 2.00. The first kappa shape index (κ1) is 19.2. The third kappa shape index (κ3) is 7.78. The van der Waals surface area contributed by atoms with Crippen molar-refractivity contribution in [1.29, 1.82) is 0 Å². The summed E-state index contributed by atoms with van der Waals surface area (Å²) in [5.74, 6) is 0.0802. The molecule has 0 spiro atoms. The van der Waals surface area contributed by atoms with E-state index < -0.39 is 15.7 Å². The zero-order valence-electron chi connectivity index (χ0n) is 13.8. The lowest BCUT2D eigenvalue weighted by Gasteiger charge is -2.14.